The molecule has 0 saturated carbocycles. The summed E-state index contributed by atoms with van der Waals surface area (Å²) in [6.07, 6.45) is 0. The van der Waals surface area contributed by atoms with E-state index in [1.807, 2.05) is 19.9 Å². The van der Waals surface area contributed by atoms with Gasteiger partial charge in [-0.25, -0.2) is 9.37 Å². The van der Waals surface area contributed by atoms with E-state index in [0.29, 0.717) is 41.9 Å². The molecule has 0 atom stereocenters. The van der Waals surface area contributed by atoms with E-state index in [0.717, 1.165) is 11.3 Å². The van der Waals surface area contributed by atoms with Crippen molar-refractivity contribution in [2.24, 2.45) is 0 Å². The number of aromatic amines is 1. The molecule has 0 radical (unpaired) electrons. The maximum atomic E-state index is 13.2. The largest absolute Gasteiger partial charge is 0.492 e. The highest BCUT2D eigenvalue weighted by molar-refractivity contribution is 5.63. The number of benzene rings is 1. The van der Waals surface area contributed by atoms with Crippen LogP contribution in [0.15, 0.2) is 36.4 Å². The standard InChI is InChI=1S/C19H19FN6O/c1-12-8-17(23-18-9-13(2)25-26-18)24-19(16(12)11-21)22-6-7-27-15-5-3-4-14(20)10-15/h3-5,8-10H,6-7H2,1-2H3,(H3,22,23,24,25,26). The van der Waals surface area contributed by atoms with Crippen LogP contribution in [0.2, 0.25) is 0 Å². The Kier molecular flexibility index (Phi) is 5.52. The molecule has 1 aromatic carbocycles. The molecule has 0 saturated heterocycles. The number of ether oxygens (including phenoxy) is 1. The Labute approximate surface area is 156 Å². The second-order valence-corrected chi connectivity index (χ2v) is 5.95. The topological polar surface area (TPSA) is 98.7 Å². The van der Waals surface area contributed by atoms with Crippen molar-refractivity contribution >= 4 is 17.5 Å². The van der Waals surface area contributed by atoms with E-state index in [1.165, 1.54) is 12.1 Å². The third kappa shape index (κ3) is 4.73. The number of rotatable bonds is 7. The summed E-state index contributed by atoms with van der Waals surface area (Å²) in [5.41, 5.74) is 2.18. The maximum absolute atomic E-state index is 13.2. The fourth-order valence-corrected chi connectivity index (χ4v) is 2.51. The first kappa shape index (κ1) is 18.2. The minimum atomic E-state index is -0.350. The summed E-state index contributed by atoms with van der Waals surface area (Å²) in [5, 5.41) is 22.6. The van der Waals surface area contributed by atoms with Gasteiger partial charge in [0.1, 0.15) is 35.9 Å². The minimum Gasteiger partial charge on any atom is -0.492 e. The predicted molar refractivity (Wildman–Crippen MR) is 101 cm³/mol. The first-order valence-corrected chi connectivity index (χ1v) is 8.38. The zero-order valence-electron chi connectivity index (χ0n) is 15.0. The van der Waals surface area contributed by atoms with Crippen molar-refractivity contribution in [2.75, 3.05) is 23.8 Å². The molecule has 0 aliphatic rings. The third-order valence-corrected chi connectivity index (χ3v) is 3.75. The number of nitrogens with zero attached hydrogens (tertiary/aromatic N) is 3. The van der Waals surface area contributed by atoms with Gasteiger partial charge in [-0.1, -0.05) is 6.07 Å². The maximum Gasteiger partial charge on any atom is 0.153 e. The van der Waals surface area contributed by atoms with Gasteiger partial charge >= 0.3 is 0 Å². The van der Waals surface area contributed by atoms with Crippen LogP contribution < -0.4 is 15.4 Å². The number of nitrogens with one attached hydrogen (secondary N) is 3. The van der Waals surface area contributed by atoms with Gasteiger partial charge in [0, 0.05) is 17.8 Å². The van der Waals surface area contributed by atoms with Crippen molar-refractivity contribution in [3.63, 3.8) is 0 Å². The number of nitriles is 1. The molecule has 8 heteroatoms. The van der Waals surface area contributed by atoms with Gasteiger partial charge in [-0.3, -0.25) is 5.10 Å². The van der Waals surface area contributed by atoms with Gasteiger partial charge in [-0.2, -0.15) is 10.4 Å². The Morgan fingerprint density at radius 3 is 2.78 bits per heavy atom. The predicted octanol–water partition coefficient (Wildman–Crippen LogP) is 3.67. The van der Waals surface area contributed by atoms with E-state index in [1.54, 1.807) is 18.2 Å². The van der Waals surface area contributed by atoms with Gasteiger partial charge in [-0.05, 0) is 37.6 Å². The van der Waals surface area contributed by atoms with Gasteiger partial charge < -0.3 is 15.4 Å². The average Bonchev–Trinajstić information content (AvgIpc) is 3.03. The summed E-state index contributed by atoms with van der Waals surface area (Å²) >= 11 is 0. The van der Waals surface area contributed by atoms with Crippen molar-refractivity contribution < 1.29 is 9.13 Å². The van der Waals surface area contributed by atoms with Crippen LogP contribution in [0.3, 0.4) is 0 Å². The van der Waals surface area contributed by atoms with Crippen molar-refractivity contribution in [1.29, 1.82) is 5.26 Å². The summed E-state index contributed by atoms with van der Waals surface area (Å²) in [7, 11) is 0. The van der Waals surface area contributed by atoms with Gasteiger partial charge in [0.2, 0.25) is 0 Å². The summed E-state index contributed by atoms with van der Waals surface area (Å²) in [5.74, 6) is 1.77. The lowest BCUT2D eigenvalue weighted by Crippen LogP contribution is -2.14. The first-order chi connectivity index (χ1) is 13.0. The Bertz CT molecular complexity index is 979. The number of halogens is 1. The number of aromatic nitrogens is 3. The van der Waals surface area contributed by atoms with Crippen molar-refractivity contribution in [3.8, 4) is 11.8 Å². The van der Waals surface area contributed by atoms with Crippen molar-refractivity contribution in [1.82, 2.24) is 15.2 Å². The van der Waals surface area contributed by atoms with E-state index < -0.39 is 0 Å². The fraction of sp³-hybridized carbons (Fsp3) is 0.211. The van der Waals surface area contributed by atoms with E-state index in [4.69, 9.17) is 4.74 Å². The quantitative estimate of drug-likeness (QED) is 0.552. The Morgan fingerprint density at radius 2 is 2.07 bits per heavy atom. The van der Waals surface area contributed by atoms with Crippen LogP contribution in [-0.4, -0.2) is 28.3 Å². The molecule has 2 heterocycles. The molecule has 7 nitrogen and oxygen atoms in total. The van der Waals surface area contributed by atoms with Crippen LogP contribution in [-0.2, 0) is 0 Å². The smallest absolute Gasteiger partial charge is 0.153 e. The molecule has 0 bridgehead atoms. The fourth-order valence-electron chi connectivity index (χ4n) is 2.51. The van der Waals surface area contributed by atoms with Crippen molar-refractivity contribution in [2.45, 2.75) is 13.8 Å². The number of aryl methyl sites for hydroxylation is 2. The molecule has 0 amide bonds. The van der Waals surface area contributed by atoms with Gasteiger partial charge in [0.25, 0.3) is 0 Å². The SMILES string of the molecule is Cc1cc(Nc2cc(C)c(C#N)c(NCCOc3cccc(F)c3)n2)n[nH]1. The van der Waals surface area contributed by atoms with Crippen LogP contribution in [0.5, 0.6) is 5.75 Å². The second-order valence-electron chi connectivity index (χ2n) is 5.95. The molecular weight excluding hydrogens is 347 g/mol. The normalized spacial score (nSPS) is 10.3. The molecule has 138 valence electrons. The zero-order valence-corrected chi connectivity index (χ0v) is 15.0. The Balaban J connectivity index is 1.66. The van der Waals surface area contributed by atoms with E-state index in [-0.39, 0.29) is 5.82 Å². The zero-order chi connectivity index (χ0) is 19.2. The van der Waals surface area contributed by atoms with E-state index >= 15 is 0 Å². The summed E-state index contributed by atoms with van der Waals surface area (Å²) in [4.78, 5) is 4.45. The molecule has 0 fully saturated rings. The molecule has 27 heavy (non-hydrogen) atoms. The van der Waals surface area contributed by atoms with E-state index in [9.17, 15) is 9.65 Å². The third-order valence-electron chi connectivity index (χ3n) is 3.75. The average molecular weight is 366 g/mol. The molecule has 0 aliphatic carbocycles. The van der Waals surface area contributed by atoms with Crippen LogP contribution in [0.1, 0.15) is 16.8 Å². The first-order valence-electron chi connectivity index (χ1n) is 8.38. The molecular formula is C19H19FN6O. The lowest BCUT2D eigenvalue weighted by Gasteiger charge is -2.12. The summed E-state index contributed by atoms with van der Waals surface area (Å²) in [6.45, 7) is 4.45. The van der Waals surface area contributed by atoms with Crippen LogP contribution >= 0.6 is 0 Å². The van der Waals surface area contributed by atoms with Crippen LogP contribution in [0, 0.1) is 31.0 Å². The summed E-state index contributed by atoms with van der Waals surface area (Å²) in [6, 6.07) is 11.8. The van der Waals surface area contributed by atoms with Gasteiger partial charge in [-0.15, -0.1) is 0 Å². The summed E-state index contributed by atoms with van der Waals surface area (Å²) < 4.78 is 18.7. The highest BCUT2D eigenvalue weighted by Crippen LogP contribution is 2.22. The van der Waals surface area contributed by atoms with Gasteiger partial charge in [0.05, 0.1) is 12.1 Å². The number of H-pyrrole nitrogens is 1. The number of anilines is 3. The Hall–Kier alpha value is -3.60. The lowest BCUT2D eigenvalue weighted by molar-refractivity contribution is 0.331. The molecule has 0 unspecified atom stereocenters. The molecule has 0 spiro atoms. The monoisotopic (exact) mass is 366 g/mol. The van der Waals surface area contributed by atoms with Crippen LogP contribution in [0.4, 0.5) is 21.8 Å². The number of hydrogen-bond donors (Lipinski definition) is 3. The van der Waals surface area contributed by atoms with Crippen molar-refractivity contribution in [3.05, 3.63) is 59.0 Å². The van der Waals surface area contributed by atoms with Crippen LogP contribution in [0.25, 0.3) is 0 Å². The second kappa shape index (κ2) is 8.19. The highest BCUT2D eigenvalue weighted by Gasteiger charge is 2.11. The molecule has 2 aromatic heterocycles. The Morgan fingerprint density at radius 1 is 1.22 bits per heavy atom. The van der Waals surface area contributed by atoms with E-state index in [2.05, 4.69) is 31.9 Å². The highest BCUT2D eigenvalue weighted by atomic mass is 19.1. The van der Waals surface area contributed by atoms with Gasteiger partial charge in [0.15, 0.2) is 5.82 Å². The molecule has 3 N–H and O–H groups in total. The number of hydrogen-bond acceptors (Lipinski definition) is 6. The minimum absolute atomic E-state index is 0.297. The lowest BCUT2D eigenvalue weighted by atomic mass is 10.1. The number of pyridine rings is 1. The molecule has 3 aromatic rings. The molecule has 0 aliphatic heterocycles. The molecule has 3 rings (SSSR count).